The maximum absolute atomic E-state index is 2.23. The summed E-state index contributed by atoms with van der Waals surface area (Å²) in [6.45, 7) is 0. The first-order valence-electron chi connectivity index (χ1n) is 4.97. The lowest BCUT2D eigenvalue weighted by Crippen LogP contribution is -1.67. The molecule has 0 aromatic carbocycles. The van der Waals surface area contributed by atoms with Crippen molar-refractivity contribution >= 4 is 0 Å². The summed E-state index contributed by atoms with van der Waals surface area (Å²) in [6.07, 6.45) is 24.0. The van der Waals surface area contributed by atoms with Crippen LogP contribution >= 0.6 is 0 Å². The molecular weight excluding hydrogens is 156 g/mol. The van der Waals surface area contributed by atoms with E-state index in [4.69, 9.17) is 0 Å². The number of rotatable bonds is 0. The van der Waals surface area contributed by atoms with Crippen molar-refractivity contribution < 1.29 is 0 Å². The van der Waals surface area contributed by atoms with Gasteiger partial charge in [-0.3, -0.25) is 0 Å². The summed E-state index contributed by atoms with van der Waals surface area (Å²) >= 11 is 0. The van der Waals surface area contributed by atoms with E-state index in [-0.39, 0.29) is 0 Å². The van der Waals surface area contributed by atoms with Gasteiger partial charge in [0.2, 0.25) is 0 Å². The molecule has 0 unspecified atom stereocenters. The second-order valence-corrected chi connectivity index (χ2v) is 3.07. The fourth-order valence-corrected chi connectivity index (χ4v) is 1.16. The predicted molar refractivity (Wildman–Crippen MR) is 59.3 cm³/mol. The molecule has 0 N–H and O–H groups in total. The molecule has 0 amide bonds. The van der Waals surface area contributed by atoms with Crippen LogP contribution in [0.5, 0.6) is 0 Å². The third-order valence-electron chi connectivity index (χ3n) is 1.89. The van der Waals surface area contributed by atoms with Crippen molar-refractivity contribution in [2.45, 2.75) is 25.7 Å². The summed E-state index contributed by atoms with van der Waals surface area (Å²) in [5, 5.41) is 0. The lowest BCUT2D eigenvalue weighted by atomic mass is 10.2. The molecule has 0 spiro atoms. The Hall–Kier alpha value is -1.04. The minimum Gasteiger partial charge on any atom is -0.0845 e. The van der Waals surface area contributed by atoms with Gasteiger partial charge in [0.1, 0.15) is 0 Å². The highest BCUT2D eigenvalue weighted by atomic mass is 13.9. The van der Waals surface area contributed by atoms with E-state index < -0.39 is 0 Å². The first kappa shape index (κ1) is 10.0. The van der Waals surface area contributed by atoms with Crippen LogP contribution in [-0.4, -0.2) is 0 Å². The minimum atomic E-state index is 1.02. The Labute approximate surface area is 81.4 Å². The first-order chi connectivity index (χ1) is 6.50. The van der Waals surface area contributed by atoms with Crippen LogP contribution in [0.2, 0.25) is 0 Å². The van der Waals surface area contributed by atoms with E-state index in [1.165, 1.54) is 19.3 Å². The molecule has 0 nitrogen and oxygen atoms in total. The van der Waals surface area contributed by atoms with Gasteiger partial charge in [0.15, 0.2) is 0 Å². The first-order valence-corrected chi connectivity index (χ1v) is 4.97. The average Bonchev–Trinajstić information content (AvgIpc) is 2.18. The molecule has 0 heterocycles. The smallest absolute Gasteiger partial charge is 0.0130 e. The van der Waals surface area contributed by atoms with Crippen LogP contribution in [0.4, 0.5) is 0 Å². The van der Waals surface area contributed by atoms with Gasteiger partial charge >= 0.3 is 0 Å². The lowest BCUT2D eigenvalue weighted by Gasteiger charge is -1.87. The summed E-state index contributed by atoms with van der Waals surface area (Å²) in [5.74, 6) is 0. The maximum Gasteiger partial charge on any atom is -0.0130 e. The van der Waals surface area contributed by atoms with E-state index in [0.717, 1.165) is 6.42 Å². The van der Waals surface area contributed by atoms with Crippen LogP contribution in [0, 0.1) is 6.42 Å². The van der Waals surface area contributed by atoms with E-state index in [1.54, 1.807) is 0 Å². The van der Waals surface area contributed by atoms with Crippen molar-refractivity contribution in [3.8, 4) is 0 Å². The van der Waals surface area contributed by atoms with Gasteiger partial charge in [0.05, 0.1) is 0 Å². The summed E-state index contributed by atoms with van der Waals surface area (Å²) in [4.78, 5) is 0. The van der Waals surface area contributed by atoms with Gasteiger partial charge in [-0.15, -0.1) is 0 Å². The Morgan fingerprint density at radius 1 is 0.615 bits per heavy atom. The van der Waals surface area contributed by atoms with Crippen molar-refractivity contribution in [3.63, 3.8) is 0 Å². The fourth-order valence-electron chi connectivity index (χ4n) is 1.16. The average molecular weight is 173 g/mol. The largest absolute Gasteiger partial charge is 0.0845 e. The van der Waals surface area contributed by atoms with Gasteiger partial charge in [-0.05, 0) is 32.1 Å². The number of allylic oxidation sites excluding steroid dienone is 8. The van der Waals surface area contributed by atoms with Crippen molar-refractivity contribution in [2.75, 3.05) is 0 Å². The van der Waals surface area contributed by atoms with E-state index in [2.05, 4.69) is 55.0 Å². The van der Waals surface area contributed by atoms with Crippen LogP contribution in [0.25, 0.3) is 0 Å². The highest BCUT2D eigenvalue weighted by molar-refractivity contribution is 5.11. The summed E-state index contributed by atoms with van der Waals surface area (Å²) in [5.41, 5.74) is 0. The predicted octanol–water partition coefficient (Wildman–Crippen LogP) is 3.99. The van der Waals surface area contributed by atoms with Gasteiger partial charge in [-0.1, -0.05) is 48.6 Å². The summed E-state index contributed by atoms with van der Waals surface area (Å²) in [7, 11) is 0. The molecule has 0 bridgehead atoms. The molecule has 0 fully saturated rings. The fraction of sp³-hybridized carbons (Fsp3) is 0.308. The summed E-state index contributed by atoms with van der Waals surface area (Å²) in [6, 6.07) is 0. The molecule has 1 aliphatic carbocycles. The molecule has 1 radical (unpaired) electrons. The Morgan fingerprint density at radius 2 is 1.31 bits per heavy atom. The van der Waals surface area contributed by atoms with E-state index in [0.29, 0.717) is 0 Å². The molecule has 0 aromatic heterocycles. The molecule has 0 saturated heterocycles. The highest BCUT2D eigenvalue weighted by Gasteiger charge is 1.80. The molecule has 1 aliphatic rings. The monoisotopic (exact) mass is 173 g/mol. The molecule has 13 heavy (non-hydrogen) atoms. The normalized spacial score (nSPS) is 28.9. The Bertz CT molecular complexity index is 192. The van der Waals surface area contributed by atoms with Gasteiger partial charge in [0.25, 0.3) is 0 Å². The Kier molecular flexibility index (Phi) is 5.87. The Balaban J connectivity index is 2.38. The van der Waals surface area contributed by atoms with Crippen molar-refractivity contribution in [3.05, 3.63) is 55.0 Å². The molecule has 69 valence electrons. The quantitative estimate of drug-likeness (QED) is 0.519. The van der Waals surface area contributed by atoms with Crippen molar-refractivity contribution in [1.29, 1.82) is 0 Å². The van der Waals surface area contributed by atoms with Gasteiger partial charge in [0, 0.05) is 0 Å². The third kappa shape index (κ3) is 6.15. The van der Waals surface area contributed by atoms with E-state index in [9.17, 15) is 0 Å². The molecule has 0 aliphatic heterocycles. The van der Waals surface area contributed by atoms with Gasteiger partial charge < -0.3 is 0 Å². The maximum atomic E-state index is 2.23. The zero-order chi connectivity index (χ0) is 9.19. The highest BCUT2D eigenvalue weighted by Crippen LogP contribution is 2.00. The van der Waals surface area contributed by atoms with E-state index >= 15 is 0 Å². The zero-order valence-electron chi connectivity index (χ0n) is 8.02. The number of hydrogen-bond acceptors (Lipinski definition) is 0. The van der Waals surface area contributed by atoms with Crippen molar-refractivity contribution in [1.82, 2.24) is 0 Å². The minimum absolute atomic E-state index is 1.02. The second kappa shape index (κ2) is 7.60. The van der Waals surface area contributed by atoms with Gasteiger partial charge in [-0.2, -0.15) is 0 Å². The zero-order valence-corrected chi connectivity index (χ0v) is 8.02. The van der Waals surface area contributed by atoms with Crippen molar-refractivity contribution in [2.24, 2.45) is 0 Å². The molecular formula is C13H17. The molecule has 0 aromatic rings. The van der Waals surface area contributed by atoms with Crippen LogP contribution in [0.3, 0.4) is 0 Å². The molecule has 0 atom stereocenters. The van der Waals surface area contributed by atoms with Crippen LogP contribution in [-0.2, 0) is 0 Å². The third-order valence-corrected chi connectivity index (χ3v) is 1.89. The van der Waals surface area contributed by atoms with Crippen LogP contribution in [0.15, 0.2) is 48.6 Å². The molecule has 0 saturated carbocycles. The van der Waals surface area contributed by atoms with Crippen LogP contribution in [0.1, 0.15) is 25.7 Å². The standard InChI is InChI=1S/C13H17/c1-2-4-6-8-10-12-13-11-9-7-5-3-1/h1-5,8,10,12-13H,6-7,9,11H2/b2-1+,5-3+,10-8+,13-12+. The number of hydrogen-bond donors (Lipinski definition) is 0. The summed E-state index contributed by atoms with van der Waals surface area (Å²) < 4.78 is 0. The van der Waals surface area contributed by atoms with Crippen LogP contribution < -0.4 is 0 Å². The Morgan fingerprint density at radius 3 is 2.15 bits per heavy atom. The lowest BCUT2D eigenvalue weighted by molar-refractivity contribution is 0.868. The topological polar surface area (TPSA) is 0 Å². The second-order valence-electron chi connectivity index (χ2n) is 3.07. The molecule has 1 rings (SSSR count). The van der Waals surface area contributed by atoms with E-state index in [1.807, 2.05) is 0 Å². The molecule has 0 heteroatoms. The SMILES string of the molecule is [CH]1/C=C/C=C/CCC/C=C/C=C/C1. The van der Waals surface area contributed by atoms with Gasteiger partial charge in [-0.25, -0.2) is 0 Å².